The first-order valence-electron chi connectivity index (χ1n) is 5.71. The second kappa shape index (κ2) is 6.75. The van der Waals surface area contributed by atoms with Crippen molar-refractivity contribution in [1.29, 1.82) is 0 Å². The first-order chi connectivity index (χ1) is 8.51. The summed E-state index contributed by atoms with van der Waals surface area (Å²) in [5.74, 6) is -0.351. The Morgan fingerprint density at radius 1 is 1.50 bits per heavy atom. The van der Waals surface area contributed by atoms with Crippen LogP contribution in [0.1, 0.15) is 13.8 Å². The fraction of sp³-hybridized carbons (Fsp3) is 0.462. The summed E-state index contributed by atoms with van der Waals surface area (Å²) in [4.78, 5) is 11.9. The monoisotopic (exact) mass is 315 g/mol. The predicted octanol–water partition coefficient (Wildman–Crippen LogP) is 2.83. The highest BCUT2D eigenvalue weighted by atomic mass is 79.9. The van der Waals surface area contributed by atoms with E-state index in [1.165, 1.54) is 7.11 Å². The van der Waals surface area contributed by atoms with Gasteiger partial charge in [0.1, 0.15) is 0 Å². The third-order valence-corrected chi connectivity index (χ3v) is 2.97. The summed E-state index contributed by atoms with van der Waals surface area (Å²) < 4.78 is 11.1. The van der Waals surface area contributed by atoms with Crippen LogP contribution in [-0.4, -0.2) is 31.8 Å². The van der Waals surface area contributed by atoms with Crippen molar-refractivity contribution in [3.8, 4) is 0 Å². The number of ether oxygens (including phenoxy) is 2. The molecule has 1 atom stereocenters. The van der Waals surface area contributed by atoms with Crippen LogP contribution in [0.2, 0.25) is 0 Å². The Labute approximate surface area is 116 Å². The van der Waals surface area contributed by atoms with Crippen molar-refractivity contribution < 1.29 is 14.3 Å². The molecule has 0 fully saturated rings. The van der Waals surface area contributed by atoms with Gasteiger partial charge in [0, 0.05) is 16.8 Å². The fourth-order valence-corrected chi connectivity index (χ4v) is 1.96. The Morgan fingerprint density at radius 2 is 2.22 bits per heavy atom. The first kappa shape index (κ1) is 15.0. The van der Waals surface area contributed by atoms with Crippen LogP contribution < -0.4 is 5.32 Å². The van der Waals surface area contributed by atoms with E-state index < -0.39 is 5.54 Å². The molecule has 1 aromatic carbocycles. The summed E-state index contributed by atoms with van der Waals surface area (Å²) >= 11 is 3.39. The van der Waals surface area contributed by atoms with Crippen LogP contribution in [0.15, 0.2) is 28.7 Å². The molecule has 0 radical (unpaired) electrons. The number of halogens is 1. The summed E-state index contributed by atoms with van der Waals surface area (Å²) in [5.41, 5.74) is -0.0667. The van der Waals surface area contributed by atoms with Crippen molar-refractivity contribution in [2.24, 2.45) is 0 Å². The van der Waals surface area contributed by atoms with E-state index in [0.717, 1.165) is 10.2 Å². The van der Waals surface area contributed by atoms with Gasteiger partial charge in [-0.15, -0.1) is 0 Å². The van der Waals surface area contributed by atoms with E-state index in [4.69, 9.17) is 9.47 Å². The van der Waals surface area contributed by atoms with E-state index >= 15 is 0 Å². The Morgan fingerprint density at radius 3 is 2.78 bits per heavy atom. The van der Waals surface area contributed by atoms with Crippen molar-refractivity contribution >= 4 is 27.6 Å². The fourth-order valence-electron chi connectivity index (χ4n) is 1.56. The predicted molar refractivity (Wildman–Crippen MR) is 74.7 cm³/mol. The molecular weight excluding hydrogens is 298 g/mol. The molecule has 0 saturated carbocycles. The van der Waals surface area contributed by atoms with Crippen LogP contribution in [0.5, 0.6) is 0 Å². The molecule has 0 aliphatic rings. The molecule has 0 aromatic heterocycles. The van der Waals surface area contributed by atoms with Crippen molar-refractivity contribution in [1.82, 2.24) is 0 Å². The molecule has 1 rings (SSSR count). The normalized spacial score (nSPS) is 13.8. The number of methoxy groups -OCH3 is 1. The van der Waals surface area contributed by atoms with E-state index in [0.29, 0.717) is 6.61 Å². The number of hydrogen-bond acceptors (Lipinski definition) is 4. The minimum atomic E-state index is -0.897. The summed E-state index contributed by atoms with van der Waals surface area (Å²) in [6.45, 7) is 4.45. The minimum Gasteiger partial charge on any atom is -0.467 e. The van der Waals surface area contributed by atoms with Crippen LogP contribution in [-0.2, 0) is 14.3 Å². The number of nitrogens with one attached hydrogen (secondary N) is 1. The average Bonchev–Trinajstić information content (AvgIpc) is 2.35. The summed E-state index contributed by atoms with van der Waals surface area (Å²) in [7, 11) is 1.37. The molecule has 0 saturated heterocycles. The van der Waals surface area contributed by atoms with Crippen molar-refractivity contribution in [3.63, 3.8) is 0 Å². The maximum atomic E-state index is 11.9. The van der Waals surface area contributed by atoms with Crippen LogP contribution in [0.4, 0.5) is 5.69 Å². The lowest BCUT2D eigenvalue weighted by atomic mass is 10.0. The quantitative estimate of drug-likeness (QED) is 0.820. The zero-order chi connectivity index (χ0) is 13.6. The molecule has 0 aliphatic heterocycles. The topological polar surface area (TPSA) is 47.6 Å². The van der Waals surface area contributed by atoms with Crippen molar-refractivity contribution in [2.75, 3.05) is 25.6 Å². The number of carbonyl (C=O) groups excluding carboxylic acids is 1. The molecule has 5 heteroatoms. The summed E-state index contributed by atoms with van der Waals surface area (Å²) in [6, 6.07) is 7.60. The molecule has 0 aliphatic carbocycles. The molecule has 100 valence electrons. The minimum absolute atomic E-state index is 0.253. The lowest BCUT2D eigenvalue weighted by Crippen LogP contribution is -2.48. The lowest BCUT2D eigenvalue weighted by Gasteiger charge is -2.28. The van der Waals surface area contributed by atoms with Crippen LogP contribution >= 0.6 is 15.9 Å². The number of hydrogen-bond donors (Lipinski definition) is 1. The Balaban J connectivity index is 2.87. The van der Waals surface area contributed by atoms with Gasteiger partial charge in [0.05, 0.1) is 13.7 Å². The van der Waals surface area contributed by atoms with Gasteiger partial charge >= 0.3 is 5.97 Å². The van der Waals surface area contributed by atoms with E-state index in [-0.39, 0.29) is 12.6 Å². The van der Waals surface area contributed by atoms with Gasteiger partial charge < -0.3 is 14.8 Å². The second-order valence-corrected chi connectivity index (χ2v) is 5.01. The molecule has 0 bridgehead atoms. The molecule has 18 heavy (non-hydrogen) atoms. The van der Waals surface area contributed by atoms with Gasteiger partial charge in [-0.05, 0) is 32.0 Å². The smallest absolute Gasteiger partial charge is 0.333 e. The van der Waals surface area contributed by atoms with Gasteiger partial charge in [0.25, 0.3) is 0 Å². The highest BCUT2D eigenvalue weighted by Gasteiger charge is 2.34. The third kappa shape index (κ3) is 3.99. The average molecular weight is 316 g/mol. The van der Waals surface area contributed by atoms with Gasteiger partial charge in [-0.3, -0.25) is 0 Å². The van der Waals surface area contributed by atoms with Gasteiger partial charge in [0.15, 0.2) is 5.54 Å². The first-order valence-corrected chi connectivity index (χ1v) is 6.51. The molecule has 4 nitrogen and oxygen atoms in total. The molecule has 0 spiro atoms. The van der Waals surface area contributed by atoms with E-state index in [1.807, 2.05) is 31.2 Å². The molecule has 1 N–H and O–H groups in total. The SMILES string of the molecule is CCOCC(C)(Nc1cccc(Br)c1)C(=O)OC. The highest BCUT2D eigenvalue weighted by Crippen LogP contribution is 2.21. The second-order valence-electron chi connectivity index (χ2n) is 4.10. The standard InChI is InChI=1S/C13H18BrNO3/c1-4-18-9-13(2,12(16)17-3)15-11-7-5-6-10(14)8-11/h5-8,15H,4,9H2,1-3H3. The maximum Gasteiger partial charge on any atom is 0.333 e. The highest BCUT2D eigenvalue weighted by molar-refractivity contribution is 9.10. The Hall–Kier alpha value is -1.07. The van der Waals surface area contributed by atoms with Crippen LogP contribution in [0.3, 0.4) is 0 Å². The number of esters is 1. The summed E-state index contributed by atoms with van der Waals surface area (Å²) in [6.07, 6.45) is 0. The van der Waals surface area contributed by atoms with E-state index in [9.17, 15) is 4.79 Å². The zero-order valence-corrected chi connectivity index (χ0v) is 12.4. The van der Waals surface area contributed by atoms with Gasteiger partial charge in [0.2, 0.25) is 0 Å². The largest absolute Gasteiger partial charge is 0.467 e. The summed E-state index contributed by atoms with van der Waals surface area (Å²) in [5, 5.41) is 3.15. The van der Waals surface area contributed by atoms with Gasteiger partial charge in [-0.1, -0.05) is 22.0 Å². The van der Waals surface area contributed by atoms with Crippen LogP contribution in [0.25, 0.3) is 0 Å². The molecule has 0 amide bonds. The Bertz CT molecular complexity index is 411. The number of anilines is 1. The van der Waals surface area contributed by atoms with E-state index in [1.54, 1.807) is 6.92 Å². The zero-order valence-electron chi connectivity index (χ0n) is 10.8. The van der Waals surface area contributed by atoms with Crippen molar-refractivity contribution in [2.45, 2.75) is 19.4 Å². The number of benzene rings is 1. The lowest BCUT2D eigenvalue weighted by molar-refractivity contribution is -0.147. The van der Waals surface area contributed by atoms with E-state index in [2.05, 4.69) is 21.2 Å². The molecule has 1 aromatic rings. The number of carbonyl (C=O) groups is 1. The molecular formula is C13H18BrNO3. The number of rotatable bonds is 6. The third-order valence-electron chi connectivity index (χ3n) is 2.48. The Kier molecular flexibility index (Phi) is 5.62. The van der Waals surface area contributed by atoms with Gasteiger partial charge in [-0.25, -0.2) is 4.79 Å². The van der Waals surface area contributed by atoms with Crippen molar-refractivity contribution in [3.05, 3.63) is 28.7 Å². The van der Waals surface area contributed by atoms with Crippen LogP contribution in [0, 0.1) is 0 Å². The molecule has 1 unspecified atom stereocenters. The maximum absolute atomic E-state index is 11.9. The molecule has 0 heterocycles. The van der Waals surface area contributed by atoms with Gasteiger partial charge in [-0.2, -0.15) is 0 Å².